The maximum atomic E-state index is 13.8. The van der Waals surface area contributed by atoms with Gasteiger partial charge in [0.1, 0.15) is 0 Å². The van der Waals surface area contributed by atoms with Crippen LogP contribution in [0.3, 0.4) is 0 Å². The lowest BCUT2D eigenvalue weighted by Crippen LogP contribution is -2.28. The number of hydrogen-bond acceptors (Lipinski definition) is 4. The first-order valence-electron chi connectivity index (χ1n) is 16.4. The fourth-order valence-electron chi connectivity index (χ4n) is 6.15. The molecule has 0 aromatic carbocycles. The van der Waals surface area contributed by atoms with Crippen LogP contribution < -0.4 is 0 Å². The summed E-state index contributed by atoms with van der Waals surface area (Å²) >= 11 is 3.53. The van der Waals surface area contributed by atoms with Crippen LogP contribution in [0.2, 0.25) is 0 Å². The van der Waals surface area contributed by atoms with Crippen molar-refractivity contribution in [3.8, 4) is 0 Å². The molecule has 0 spiro atoms. The van der Waals surface area contributed by atoms with Crippen molar-refractivity contribution in [3.63, 3.8) is 0 Å². The van der Waals surface area contributed by atoms with Crippen LogP contribution in [0, 0.1) is 27.1 Å². The molecule has 0 saturated heterocycles. The predicted molar refractivity (Wildman–Crippen MR) is 201 cm³/mol. The summed E-state index contributed by atoms with van der Waals surface area (Å²) in [5.41, 5.74) is 6.73. The van der Waals surface area contributed by atoms with Gasteiger partial charge in [0.05, 0.1) is 0 Å². The number of carbonyl (C=O) groups is 2. The Hall–Kier alpha value is -2.82. The van der Waals surface area contributed by atoms with Crippen LogP contribution in [-0.4, -0.2) is 11.6 Å². The minimum atomic E-state index is -0.287. The van der Waals surface area contributed by atoms with E-state index in [4.69, 9.17) is 0 Å². The molecule has 0 aliphatic heterocycles. The first-order chi connectivity index (χ1) is 20.8. The molecule has 0 atom stereocenters. The molecule has 0 amide bonds. The Morgan fingerprint density at radius 1 is 0.500 bits per heavy atom. The van der Waals surface area contributed by atoms with E-state index < -0.39 is 0 Å². The highest BCUT2D eigenvalue weighted by Crippen LogP contribution is 2.48. The molecule has 4 rings (SSSR count). The van der Waals surface area contributed by atoms with E-state index in [0.29, 0.717) is 0 Å². The molecule has 46 heavy (non-hydrogen) atoms. The van der Waals surface area contributed by atoms with Gasteiger partial charge in [-0.05, 0) is 91.7 Å². The van der Waals surface area contributed by atoms with E-state index in [-0.39, 0.29) is 38.6 Å². The molecule has 0 fully saturated rings. The Bertz CT molecular complexity index is 1660. The summed E-state index contributed by atoms with van der Waals surface area (Å²) in [6.07, 6.45) is 8.58. The maximum absolute atomic E-state index is 13.8. The molecule has 2 aliphatic carbocycles. The largest absolute Gasteiger partial charge is 0.289 e. The second-order valence-corrected chi connectivity index (χ2v) is 20.0. The smallest absolute Gasteiger partial charge is 0.186 e. The van der Waals surface area contributed by atoms with Crippen molar-refractivity contribution in [2.45, 2.75) is 104 Å². The zero-order valence-electron chi connectivity index (χ0n) is 30.8. The highest BCUT2D eigenvalue weighted by molar-refractivity contribution is 7.15. The van der Waals surface area contributed by atoms with Gasteiger partial charge in [0.25, 0.3) is 0 Å². The SMILES string of the molecule is CC(C)(C)C1=CC(=C(c2cccs2)c2ccc(C(=C3C=C(C(C)(C)C)C(=O)C(C(C)(C)C)=C3)C(C)(C)C)s2)C=C(C(C)(C)C)C1=O. The summed E-state index contributed by atoms with van der Waals surface area (Å²) in [6, 6.07) is 8.79. The number of hydrogen-bond donors (Lipinski definition) is 0. The highest BCUT2D eigenvalue weighted by atomic mass is 32.1. The van der Waals surface area contributed by atoms with Gasteiger partial charge in [-0.1, -0.05) is 110 Å². The second-order valence-electron chi connectivity index (χ2n) is 17.9. The summed E-state index contributed by atoms with van der Waals surface area (Å²) in [6.45, 7) is 32.4. The number of allylic oxidation sites excluding steroid dienone is 11. The van der Waals surface area contributed by atoms with E-state index in [1.165, 1.54) is 20.2 Å². The first-order valence-corrected chi connectivity index (χ1v) is 18.1. The maximum Gasteiger partial charge on any atom is 0.186 e. The number of rotatable bonds is 3. The molecule has 2 aromatic heterocycles. The van der Waals surface area contributed by atoms with Gasteiger partial charge in [0.2, 0.25) is 0 Å². The van der Waals surface area contributed by atoms with Crippen LogP contribution in [-0.2, 0) is 9.59 Å². The van der Waals surface area contributed by atoms with Crippen molar-refractivity contribution in [1.29, 1.82) is 0 Å². The van der Waals surface area contributed by atoms with Crippen molar-refractivity contribution in [3.05, 3.63) is 102 Å². The third-order valence-electron chi connectivity index (χ3n) is 8.60. The second kappa shape index (κ2) is 12.0. The van der Waals surface area contributed by atoms with Crippen LogP contribution in [0.1, 0.15) is 118 Å². The zero-order valence-corrected chi connectivity index (χ0v) is 32.5. The number of carbonyl (C=O) groups excluding carboxylic acids is 2. The van der Waals surface area contributed by atoms with Crippen LogP contribution >= 0.6 is 22.7 Å². The molecular formula is C42H54O2S2. The fourth-order valence-corrected chi connectivity index (χ4v) is 8.39. The Balaban J connectivity index is 2.07. The van der Waals surface area contributed by atoms with E-state index in [2.05, 4.69) is 158 Å². The zero-order chi connectivity index (χ0) is 34.8. The molecule has 0 N–H and O–H groups in total. The Kier molecular flexibility index (Phi) is 9.40. The highest BCUT2D eigenvalue weighted by Gasteiger charge is 2.37. The summed E-state index contributed by atoms with van der Waals surface area (Å²) < 4.78 is 0. The molecule has 0 saturated carbocycles. The average Bonchev–Trinajstić information content (AvgIpc) is 3.55. The van der Waals surface area contributed by atoms with Gasteiger partial charge in [0.15, 0.2) is 11.6 Å². The van der Waals surface area contributed by atoms with Crippen LogP contribution in [0.4, 0.5) is 0 Å². The fraction of sp³-hybridized carbons (Fsp3) is 0.476. The van der Waals surface area contributed by atoms with Gasteiger partial charge in [-0.25, -0.2) is 0 Å². The first kappa shape index (κ1) is 36.0. The van der Waals surface area contributed by atoms with Crippen LogP contribution in [0.5, 0.6) is 0 Å². The van der Waals surface area contributed by atoms with Gasteiger partial charge in [-0.2, -0.15) is 0 Å². The average molecular weight is 655 g/mol. The number of Topliss-reactive ketones (excluding diaryl/α,β-unsaturated/α-hetero) is 2. The van der Waals surface area contributed by atoms with E-state index in [9.17, 15) is 9.59 Å². The molecule has 4 heteroatoms. The molecule has 2 aliphatic rings. The molecule has 0 bridgehead atoms. The molecular weight excluding hydrogens is 601 g/mol. The molecule has 2 aromatic rings. The molecule has 0 radical (unpaired) electrons. The van der Waals surface area contributed by atoms with Crippen molar-refractivity contribution in [2.75, 3.05) is 0 Å². The molecule has 2 nitrogen and oxygen atoms in total. The van der Waals surface area contributed by atoms with Gasteiger partial charge in [-0.3, -0.25) is 9.59 Å². The lowest BCUT2D eigenvalue weighted by atomic mass is 9.70. The van der Waals surface area contributed by atoms with Gasteiger partial charge in [0, 0.05) is 42.5 Å². The summed E-state index contributed by atoms with van der Waals surface area (Å²) in [5.74, 6) is 0.305. The van der Waals surface area contributed by atoms with Crippen molar-refractivity contribution < 1.29 is 9.59 Å². The van der Waals surface area contributed by atoms with Crippen molar-refractivity contribution >= 4 is 45.4 Å². The van der Waals surface area contributed by atoms with E-state index in [1.807, 2.05) is 0 Å². The minimum absolute atomic E-state index is 0.149. The number of ketones is 2. The van der Waals surface area contributed by atoms with Crippen molar-refractivity contribution in [1.82, 2.24) is 0 Å². The standard InChI is InChI=1S/C42H54O2S2/c1-38(2,3)27-21-25(22-28(36(27)43)39(4,5)6)34(31-17-16-20-45-31)32-18-19-33(46-32)35(42(13,14)15)26-23-29(40(7,8)9)37(44)30(24-26)41(10,11)12/h16-24H,1-15H3. The van der Waals surface area contributed by atoms with Crippen molar-refractivity contribution in [2.24, 2.45) is 27.1 Å². The molecule has 0 unspecified atom stereocenters. The quantitative estimate of drug-likeness (QED) is 0.330. The summed E-state index contributed by atoms with van der Waals surface area (Å²) in [5, 5.41) is 2.13. The predicted octanol–water partition coefficient (Wildman–Crippen LogP) is 12.5. The minimum Gasteiger partial charge on any atom is -0.289 e. The third kappa shape index (κ3) is 7.34. The molecule has 246 valence electrons. The topological polar surface area (TPSA) is 34.1 Å². The van der Waals surface area contributed by atoms with Gasteiger partial charge < -0.3 is 0 Å². The lowest BCUT2D eigenvalue weighted by molar-refractivity contribution is -0.114. The van der Waals surface area contributed by atoms with E-state index in [1.54, 1.807) is 22.7 Å². The third-order valence-corrected chi connectivity index (χ3v) is 10.6. The van der Waals surface area contributed by atoms with E-state index in [0.717, 1.165) is 39.0 Å². The Morgan fingerprint density at radius 3 is 1.24 bits per heavy atom. The van der Waals surface area contributed by atoms with Gasteiger partial charge in [-0.15, -0.1) is 22.7 Å². The number of thiophene rings is 2. The Morgan fingerprint density at radius 2 is 0.891 bits per heavy atom. The van der Waals surface area contributed by atoms with Crippen LogP contribution in [0.25, 0.3) is 11.1 Å². The Labute approximate surface area is 286 Å². The van der Waals surface area contributed by atoms with Gasteiger partial charge >= 0.3 is 0 Å². The monoisotopic (exact) mass is 654 g/mol. The van der Waals surface area contributed by atoms with Crippen LogP contribution in [0.15, 0.2) is 87.4 Å². The summed E-state index contributed by atoms with van der Waals surface area (Å²) in [4.78, 5) is 31.2. The lowest BCUT2D eigenvalue weighted by Gasteiger charge is -2.33. The molecule has 2 heterocycles. The van der Waals surface area contributed by atoms with E-state index >= 15 is 0 Å². The summed E-state index contributed by atoms with van der Waals surface area (Å²) in [7, 11) is 0. The normalized spacial score (nSPS) is 17.1.